The minimum absolute atomic E-state index is 0.614. The zero-order valence-corrected chi connectivity index (χ0v) is 12.7. The molecule has 0 rings (SSSR count). The highest BCUT2D eigenvalue weighted by Crippen LogP contribution is 2.07. The second kappa shape index (κ2) is 17.2. The molecule has 0 unspecified atom stereocenters. The molecule has 0 aromatic carbocycles. The molecule has 0 aromatic heterocycles. The standard InChI is InChI=1S/C18H31O/c1-2-3-4-5-6-7-8-9-10-11-12-13-14-15-16-17-18-19/h7-10H,2-6,11-17H2,1H3. The number of hydrogen-bond donors (Lipinski definition) is 0. The van der Waals surface area contributed by atoms with Gasteiger partial charge in [0.1, 0.15) is 0 Å². The van der Waals surface area contributed by atoms with Gasteiger partial charge in [0.15, 0.2) is 6.29 Å². The summed E-state index contributed by atoms with van der Waals surface area (Å²) in [6, 6.07) is 0. The summed E-state index contributed by atoms with van der Waals surface area (Å²) in [5.74, 6) is 0. The molecule has 1 nitrogen and oxygen atoms in total. The Hall–Kier alpha value is -0.850. The molecule has 1 radical (unpaired) electrons. The lowest BCUT2D eigenvalue weighted by Gasteiger charge is -1.96. The molecule has 0 aliphatic rings. The van der Waals surface area contributed by atoms with Crippen molar-refractivity contribution in [2.45, 2.75) is 84.0 Å². The quantitative estimate of drug-likeness (QED) is 0.281. The van der Waals surface area contributed by atoms with Gasteiger partial charge in [-0.25, -0.2) is 0 Å². The van der Waals surface area contributed by atoms with Crippen LogP contribution in [0, 0.1) is 0 Å². The molecule has 0 aliphatic heterocycles. The van der Waals surface area contributed by atoms with Crippen LogP contribution in [0.5, 0.6) is 0 Å². The molecule has 0 heterocycles. The summed E-state index contributed by atoms with van der Waals surface area (Å²) >= 11 is 0. The van der Waals surface area contributed by atoms with E-state index in [0.29, 0.717) is 6.42 Å². The summed E-state index contributed by atoms with van der Waals surface area (Å²) in [7, 11) is 0. The van der Waals surface area contributed by atoms with Crippen molar-refractivity contribution in [3.05, 3.63) is 24.3 Å². The van der Waals surface area contributed by atoms with Crippen molar-refractivity contribution < 1.29 is 4.79 Å². The molecule has 0 amide bonds. The SMILES string of the molecule is CCCCCCC=CC=CCCCCCCC[C]=O. The Morgan fingerprint density at radius 3 is 1.84 bits per heavy atom. The first kappa shape index (κ1) is 18.1. The van der Waals surface area contributed by atoms with Gasteiger partial charge < -0.3 is 0 Å². The third-order valence-electron chi connectivity index (χ3n) is 3.26. The monoisotopic (exact) mass is 263 g/mol. The predicted molar refractivity (Wildman–Crippen MR) is 85.1 cm³/mol. The van der Waals surface area contributed by atoms with Crippen LogP contribution >= 0.6 is 0 Å². The predicted octanol–water partition coefficient (Wildman–Crippen LogP) is 5.91. The lowest BCUT2D eigenvalue weighted by molar-refractivity contribution is 0.542. The van der Waals surface area contributed by atoms with Gasteiger partial charge in [-0.3, -0.25) is 4.79 Å². The van der Waals surface area contributed by atoms with Crippen molar-refractivity contribution in [1.29, 1.82) is 0 Å². The molecule has 109 valence electrons. The summed E-state index contributed by atoms with van der Waals surface area (Å²) in [5.41, 5.74) is 0. The van der Waals surface area contributed by atoms with Gasteiger partial charge in [-0.1, -0.05) is 69.8 Å². The fraction of sp³-hybridized carbons (Fsp3) is 0.722. The molecule has 0 fully saturated rings. The normalized spacial score (nSPS) is 11.6. The molecule has 0 aromatic rings. The highest BCUT2D eigenvalue weighted by molar-refractivity contribution is 5.50. The molecular weight excluding hydrogens is 232 g/mol. The van der Waals surface area contributed by atoms with Crippen LogP contribution in [0.4, 0.5) is 0 Å². The summed E-state index contributed by atoms with van der Waals surface area (Å²) in [5, 5.41) is 0. The maximum Gasteiger partial charge on any atom is 0.198 e. The minimum atomic E-state index is 0.614. The zero-order chi connectivity index (χ0) is 14.0. The number of rotatable bonds is 14. The average Bonchev–Trinajstić information content (AvgIpc) is 2.43. The largest absolute Gasteiger partial charge is 0.291 e. The van der Waals surface area contributed by atoms with E-state index in [-0.39, 0.29) is 0 Å². The zero-order valence-electron chi connectivity index (χ0n) is 12.7. The smallest absolute Gasteiger partial charge is 0.198 e. The molecule has 0 N–H and O–H groups in total. The Morgan fingerprint density at radius 2 is 1.26 bits per heavy atom. The Bertz CT molecular complexity index is 228. The van der Waals surface area contributed by atoms with Crippen LogP contribution in [-0.4, -0.2) is 6.29 Å². The number of allylic oxidation sites excluding steroid dienone is 4. The van der Waals surface area contributed by atoms with Gasteiger partial charge in [0, 0.05) is 6.42 Å². The van der Waals surface area contributed by atoms with Crippen molar-refractivity contribution in [2.75, 3.05) is 0 Å². The van der Waals surface area contributed by atoms with Gasteiger partial charge in [0.25, 0.3) is 0 Å². The van der Waals surface area contributed by atoms with Gasteiger partial charge in [-0.15, -0.1) is 0 Å². The summed E-state index contributed by atoms with van der Waals surface area (Å²) < 4.78 is 0. The van der Waals surface area contributed by atoms with Gasteiger partial charge in [0.05, 0.1) is 0 Å². The van der Waals surface area contributed by atoms with E-state index < -0.39 is 0 Å². The first-order valence-electron chi connectivity index (χ1n) is 8.08. The summed E-state index contributed by atoms with van der Waals surface area (Å²) in [4.78, 5) is 10.00. The van der Waals surface area contributed by atoms with Crippen LogP contribution in [0.25, 0.3) is 0 Å². The van der Waals surface area contributed by atoms with Crippen LogP contribution in [0.2, 0.25) is 0 Å². The molecule has 0 atom stereocenters. The van der Waals surface area contributed by atoms with Crippen LogP contribution in [-0.2, 0) is 4.79 Å². The number of carbonyl (C=O) groups excluding carboxylic acids is 1. The maximum atomic E-state index is 10.00. The Kier molecular flexibility index (Phi) is 16.4. The second-order valence-corrected chi connectivity index (χ2v) is 5.16. The second-order valence-electron chi connectivity index (χ2n) is 5.16. The van der Waals surface area contributed by atoms with Gasteiger partial charge in [-0.05, 0) is 32.1 Å². The van der Waals surface area contributed by atoms with Crippen LogP contribution in [0.3, 0.4) is 0 Å². The minimum Gasteiger partial charge on any atom is -0.291 e. The van der Waals surface area contributed by atoms with E-state index in [1.807, 2.05) is 6.29 Å². The number of unbranched alkanes of at least 4 members (excludes halogenated alkanes) is 10. The van der Waals surface area contributed by atoms with Crippen molar-refractivity contribution in [1.82, 2.24) is 0 Å². The summed E-state index contributed by atoms with van der Waals surface area (Å²) in [6.45, 7) is 2.25. The van der Waals surface area contributed by atoms with Crippen LogP contribution < -0.4 is 0 Å². The fourth-order valence-corrected chi connectivity index (χ4v) is 2.03. The van der Waals surface area contributed by atoms with Gasteiger partial charge in [-0.2, -0.15) is 0 Å². The van der Waals surface area contributed by atoms with Crippen molar-refractivity contribution in [3.8, 4) is 0 Å². The molecule has 19 heavy (non-hydrogen) atoms. The van der Waals surface area contributed by atoms with E-state index in [9.17, 15) is 4.79 Å². The Labute approximate surface area is 120 Å². The third-order valence-corrected chi connectivity index (χ3v) is 3.26. The lowest BCUT2D eigenvalue weighted by atomic mass is 10.1. The average molecular weight is 263 g/mol. The number of hydrogen-bond acceptors (Lipinski definition) is 1. The molecule has 0 bridgehead atoms. The van der Waals surface area contributed by atoms with E-state index in [1.165, 1.54) is 64.2 Å². The van der Waals surface area contributed by atoms with E-state index >= 15 is 0 Å². The van der Waals surface area contributed by atoms with E-state index in [2.05, 4.69) is 31.2 Å². The Morgan fingerprint density at radius 1 is 0.737 bits per heavy atom. The van der Waals surface area contributed by atoms with Crippen LogP contribution in [0.15, 0.2) is 24.3 Å². The van der Waals surface area contributed by atoms with Crippen molar-refractivity contribution in [2.24, 2.45) is 0 Å². The Balaban J connectivity index is 3.16. The lowest BCUT2D eigenvalue weighted by Crippen LogP contribution is -1.79. The van der Waals surface area contributed by atoms with E-state index in [1.54, 1.807) is 0 Å². The molecule has 0 saturated heterocycles. The van der Waals surface area contributed by atoms with Gasteiger partial charge >= 0.3 is 0 Å². The highest BCUT2D eigenvalue weighted by Gasteiger charge is 1.89. The van der Waals surface area contributed by atoms with Crippen molar-refractivity contribution >= 4 is 6.29 Å². The molecule has 0 saturated carbocycles. The molecule has 1 heteroatoms. The van der Waals surface area contributed by atoms with Crippen LogP contribution in [0.1, 0.15) is 84.0 Å². The van der Waals surface area contributed by atoms with E-state index in [4.69, 9.17) is 0 Å². The van der Waals surface area contributed by atoms with Crippen molar-refractivity contribution in [3.63, 3.8) is 0 Å². The first-order chi connectivity index (χ1) is 9.41. The molecular formula is C18H31O. The molecule has 0 aliphatic carbocycles. The van der Waals surface area contributed by atoms with E-state index in [0.717, 1.165) is 6.42 Å². The van der Waals surface area contributed by atoms with Gasteiger partial charge in [0.2, 0.25) is 0 Å². The third kappa shape index (κ3) is 17.1. The first-order valence-corrected chi connectivity index (χ1v) is 8.08. The maximum absolute atomic E-state index is 10.00. The highest BCUT2D eigenvalue weighted by atomic mass is 16.1. The topological polar surface area (TPSA) is 17.1 Å². The fourth-order valence-electron chi connectivity index (χ4n) is 2.03. The molecule has 0 spiro atoms. The summed E-state index contributed by atoms with van der Waals surface area (Å²) in [6.07, 6.45) is 25.3.